The van der Waals surface area contributed by atoms with Crippen LogP contribution in [0.2, 0.25) is 0 Å². The number of benzene rings is 1. The highest BCUT2D eigenvalue weighted by atomic mass is 19.1. The van der Waals surface area contributed by atoms with Gasteiger partial charge in [-0.05, 0) is 51.0 Å². The fourth-order valence-electron chi connectivity index (χ4n) is 3.26. The van der Waals surface area contributed by atoms with Gasteiger partial charge >= 0.3 is 0 Å². The van der Waals surface area contributed by atoms with Crippen LogP contribution >= 0.6 is 0 Å². The maximum atomic E-state index is 14.3. The van der Waals surface area contributed by atoms with Gasteiger partial charge in [-0.3, -0.25) is 0 Å². The molecule has 1 N–H and O–H groups in total. The van der Waals surface area contributed by atoms with Crippen molar-refractivity contribution in [2.24, 2.45) is 5.92 Å². The molecular formula is C17H19F2N7. The number of likely N-dealkylation sites (tertiary alicyclic amines) is 1. The molecule has 3 aromatic rings. The summed E-state index contributed by atoms with van der Waals surface area (Å²) in [6.45, 7) is 2.10. The largest absolute Gasteiger partial charge is 0.306 e. The van der Waals surface area contributed by atoms with Gasteiger partial charge in [0, 0.05) is 12.5 Å². The molecule has 26 heavy (non-hydrogen) atoms. The second kappa shape index (κ2) is 6.91. The second-order valence-electron chi connectivity index (χ2n) is 6.67. The minimum absolute atomic E-state index is 0.131. The molecule has 3 heterocycles. The molecule has 0 bridgehead atoms. The van der Waals surface area contributed by atoms with Gasteiger partial charge in [-0.15, -0.1) is 0 Å². The van der Waals surface area contributed by atoms with Crippen LogP contribution in [0.4, 0.5) is 8.78 Å². The summed E-state index contributed by atoms with van der Waals surface area (Å²) >= 11 is 0. The van der Waals surface area contributed by atoms with Crippen molar-refractivity contribution in [2.75, 3.05) is 20.1 Å². The van der Waals surface area contributed by atoms with E-state index in [1.165, 1.54) is 23.0 Å². The highest BCUT2D eigenvalue weighted by molar-refractivity contribution is 5.52. The molecular weight excluding hydrogens is 340 g/mol. The number of hydrogen-bond acceptors (Lipinski definition) is 5. The number of piperidine rings is 1. The fourth-order valence-corrected chi connectivity index (χ4v) is 3.26. The highest BCUT2D eigenvalue weighted by Gasteiger charge is 2.22. The molecule has 2 aromatic heterocycles. The van der Waals surface area contributed by atoms with Crippen molar-refractivity contribution < 1.29 is 8.78 Å². The summed E-state index contributed by atoms with van der Waals surface area (Å²) < 4.78 is 28.9. The topological polar surface area (TPSA) is 75.5 Å². The van der Waals surface area contributed by atoms with Gasteiger partial charge in [0.15, 0.2) is 17.5 Å². The lowest BCUT2D eigenvalue weighted by atomic mass is 9.94. The minimum atomic E-state index is -0.703. The van der Waals surface area contributed by atoms with Gasteiger partial charge in [0.25, 0.3) is 0 Å². The van der Waals surface area contributed by atoms with Gasteiger partial charge in [-0.25, -0.2) is 18.4 Å². The van der Waals surface area contributed by atoms with Crippen LogP contribution in [-0.4, -0.2) is 55.2 Å². The predicted molar refractivity (Wildman–Crippen MR) is 90.6 cm³/mol. The molecule has 1 saturated heterocycles. The molecule has 4 rings (SSSR count). The predicted octanol–water partition coefficient (Wildman–Crippen LogP) is 2.21. The van der Waals surface area contributed by atoms with Crippen molar-refractivity contribution in [3.05, 3.63) is 41.9 Å². The van der Waals surface area contributed by atoms with Crippen molar-refractivity contribution in [3.8, 4) is 17.2 Å². The number of nitrogens with one attached hydrogen (secondary N) is 1. The smallest absolute Gasteiger partial charge is 0.185 e. The van der Waals surface area contributed by atoms with Gasteiger partial charge < -0.3 is 4.90 Å². The Bertz CT molecular complexity index is 883. The van der Waals surface area contributed by atoms with Crippen LogP contribution in [0.5, 0.6) is 0 Å². The molecule has 0 unspecified atom stereocenters. The van der Waals surface area contributed by atoms with Crippen LogP contribution in [0.25, 0.3) is 17.2 Å². The van der Waals surface area contributed by atoms with Crippen LogP contribution in [0.15, 0.2) is 24.4 Å². The van der Waals surface area contributed by atoms with Gasteiger partial charge in [0.05, 0.1) is 6.20 Å². The van der Waals surface area contributed by atoms with E-state index in [1.54, 1.807) is 0 Å². The van der Waals surface area contributed by atoms with Crippen molar-refractivity contribution in [1.29, 1.82) is 0 Å². The summed E-state index contributed by atoms with van der Waals surface area (Å²) in [6, 6.07) is 3.38. The lowest BCUT2D eigenvalue weighted by Crippen LogP contribution is -2.31. The Hall–Kier alpha value is -2.68. The van der Waals surface area contributed by atoms with Crippen molar-refractivity contribution >= 4 is 0 Å². The first kappa shape index (κ1) is 16.8. The van der Waals surface area contributed by atoms with E-state index in [0.717, 1.165) is 32.0 Å². The monoisotopic (exact) mass is 359 g/mol. The number of H-pyrrole nitrogens is 1. The van der Waals surface area contributed by atoms with Crippen molar-refractivity contribution in [2.45, 2.75) is 19.3 Å². The van der Waals surface area contributed by atoms with Crippen LogP contribution in [-0.2, 0) is 6.42 Å². The molecule has 0 amide bonds. The van der Waals surface area contributed by atoms with E-state index in [-0.39, 0.29) is 5.69 Å². The quantitative estimate of drug-likeness (QED) is 0.773. The van der Waals surface area contributed by atoms with Crippen molar-refractivity contribution in [3.63, 3.8) is 0 Å². The number of aromatic nitrogens is 6. The Kier molecular flexibility index (Phi) is 4.46. The summed E-state index contributed by atoms with van der Waals surface area (Å²) in [5.41, 5.74) is 0.586. The van der Waals surface area contributed by atoms with Gasteiger partial charge in [-0.2, -0.15) is 20.5 Å². The maximum Gasteiger partial charge on any atom is 0.185 e. The lowest BCUT2D eigenvalue weighted by Gasteiger charge is -2.28. The zero-order chi connectivity index (χ0) is 18.1. The van der Waals surface area contributed by atoms with Crippen molar-refractivity contribution in [1.82, 2.24) is 35.1 Å². The Balaban J connectivity index is 1.69. The number of hydrogen-bond donors (Lipinski definition) is 1. The summed E-state index contributed by atoms with van der Waals surface area (Å²) in [6.07, 6.45) is 4.38. The third-order valence-electron chi connectivity index (χ3n) is 4.74. The molecule has 0 saturated carbocycles. The van der Waals surface area contributed by atoms with Gasteiger partial charge in [-0.1, -0.05) is 0 Å². The fraction of sp³-hybridized carbons (Fsp3) is 0.412. The average Bonchev–Trinajstić information content (AvgIpc) is 3.26. The summed E-state index contributed by atoms with van der Waals surface area (Å²) in [5.74, 6) is 0.158. The van der Waals surface area contributed by atoms with Gasteiger partial charge in [0.2, 0.25) is 0 Å². The summed E-state index contributed by atoms with van der Waals surface area (Å²) in [7, 11) is 2.11. The Morgan fingerprint density at radius 2 is 2.04 bits per heavy atom. The molecule has 9 heteroatoms. The first-order chi connectivity index (χ1) is 12.6. The van der Waals surface area contributed by atoms with E-state index in [2.05, 4.69) is 37.4 Å². The molecule has 0 spiro atoms. The van der Waals surface area contributed by atoms with Crippen LogP contribution in [0.3, 0.4) is 0 Å². The van der Waals surface area contributed by atoms with Crippen LogP contribution < -0.4 is 0 Å². The normalized spacial score (nSPS) is 16.3. The third kappa shape index (κ3) is 3.34. The number of rotatable bonds is 4. The summed E-state index contributed by atoms with van der Waals surface area (Å²) in [5, 5.41) is 14.8. The molecule has 0 aliphatic carbocycles. The van der Waals surface area contributed by atoms with E-state index in [1.807, 2.05) is 0 Å². The maximum absolute atomic E-state index is 14.3. The lowest BCUT2D eigenvalue weighted by molar-refractivity contribution is 0.217. The average molecular weight is 359 g/mol. The number of aromatic amines is 1. The molecule has 7 nitrogen and oxygen atoms in total. The van der Waals surface area contributed by atoms with E-state index >= 15 is 0 Å². The minimum Gasteiger partial charge on any atom is -0.306 e. The molecule has 1 fully saturated rings. The SMILES string of the molecule is CN1CCC(Cc2nc(-c3cn[nH]n3)n(-c3ccc(F)cc3F)n2)CC1. The Morgan fingerprint density at radius 1 is 1.23 bits per heavy atom. The van der Waals surface area contributed by atoms with E-state index < -0.39 is 11.6 Å². The van der Waals surface area contributed by atoms with E-state index in [4.69, 9.17) is 0 Å². The van der Waals surface area contributed by atoms with Crippen LogP contribution in [0, 0.1) is 17.6 Å². The standard InChI is InChI=1S/C17H19F2N7/c1-25-6-4-11(5-7-25)8-16-21-17(14-10-20-24-22-14)26(23-16)15-3-2-12(18)9-13(15)19/h2-3,9-11H,4-8H2,1H3,(H,20,22,24). The zero-order valence-corrected chi connectivity index (χ0v) is 14.4. The molecule has 0 radical (unpaired) electrons. The number of halogens is 2. The van der Waals surface area contributed by atoms with E-state index in [0.29, 0.717) is 29.7 Å². The highest BCUT2D eigenvalue weighted by Crippen LogP contribution is 2.24. The molecule has 136 valence electrons. The third-order valence-corrected chi connectivity index (χ3v) is 4.74. The molecule has 1 aliphatic rings. The zero-order valence-electron chi connectivity index (χ0n) is 14.4. The molecule has 1 aliphatic heterocycles. The summed E-state index contributed by atoms with van der Waals surface area (Å²) in [4.78, 5) is 6.86. The van der Waals surface area contributed by atoms with Crippen LogP contribution in [0.1, 0.15) is 18.7 Å². The van der Waals surface area contributed by atoms with E-state index in [9.17, 15) is 8.78 Å². The first-order valence-corrected chi connectivity index (χ1v) is 8.56. The molecule has 0 atom stereocenters. The Morgan fingerprint density at radius 3 is 2.73 bits per heavy atom. The number of nitrogens with zero attached hydrogens (tertiary/aromatic N) is 6. The molecule has 1 aromatic carbocycles. The Labute approximate surface area is 149 Å². The second-order valence-corrected chi connectivity index (χ2v) is 6.67. The van der Waals surface area contributed by atoms with Gasteiger partial charge in [0.1, 0.15) is 17.2 Å². The first-order valence-electron chi connectivity index (χ1n) is 8.56.